The van der Waals surface area contributed by atoms with Gasteiger partial charge in [-0.2, -0.15) is 0 Å². The number of carboxylic acids is 1. The van der Waals surface area contributed by atoms with Gasteiger partial charge in [0.1, 0.15) is 0 Å². The summed E-state index contributed by atoms with van der Waals surface area (Å²) in [5, 5.41) is 9.65. The highest BCUT2D eigenvalue weighted by Crippen LogP contribution is 2.27. The number of ketones is 1. The predicted molar refractivity (Wildman–Crippen MR) is 135 cm³/mol. The summed E-state index contributed by atoms with van der Waals surface area (Å²) in [7, 11) is 1.59. The van der Waals surface area contributed by atoms with Gasteiger partial charge in [-0.1, -0.05) is 25.1 Å². The van der Waals surface area contributed by atoms with Crippen LogP contribution in [0, 0.1) is 0 Å². The van der Waals surface area contributed by atoms with E-state index in [-0.39, 0.29) is 28.9 Å². The summed E-state index contributed by atoms with van der Waals surface area (Å²) in [6, 6.07) is 16.4. The number of carbonyl (C=O) groups excluding carboxylic acids is 1. The number of aryl methyl sites for hydroxylation is 1. The van der Waals surface area contributed by atoms with E-state index in [9.17, 15) is 24.3 Å². The molecule has 0 radical (unpaired) electrons. The van der Waals surface area contributed by atoms with Gasteiger partial charge in [0.15, 0.2) is 5.82 Å². The second-order valence-electron chi connectivity index (χ2n) is 8.49. The molecule has 0 saturated heterocycles. The monoisotopic (exact) mass is 482 g/mol. The van der Waals surface area contributed by atoms with E-state index in [0.29, 0.717) is 28.7 Å². The molecule has 36 heavy (non-hydrogen) atoms. The standard InChI is InChI=1S/C27H22N4O5/c1-3-12-31-25(33)19-15-17(10-11-20(19)29(2)27(31)36)23(32)24-28-22(21-9-4-5-13-30(21)24)16-7-6-8-18(14-16)26(34)35/h4-11,13-15H,3,12H2,1-2H3,(H,34,35). The lowest BCUT2D eigenvalue weighted by atomic mass is 10.1. The molecule has 5 rings (SSSR count). The van der Waals surface area contributed by atoms with Crippen LogP contribution in [0.25, 0.3) is 27.7 Å². The number of fused-ring (bicyclic) bond motifs is 2. The zero-order valence-corrected chi connectivity index (χ0v) is 19.6. The van der Waals surface area contributed by atoms with Crippen molar-refractivity contribution >= 4 is 28.2 Å². The van der Waals surface area contributed by atoms with E-state index in [4.69, 9.17) is 0 Å². The van der Waals surface area contributed by atoms with Gasteiger partial charge >= 0.3 is 11.7 Å². The quantitative estimate of drug-likeness (QED) is 0.371. The van der Waals surface area contributed by atoms with Crippen molar-refractivity contribution < 1.29 is 14.7 Å². The SMILES string of the molecule is CCCn1c(=O)c2cc(C(=O)c3nc(-c4cccc(C(=O)O)c4)c4ccccn34)ccc2n(C)c1=O. The smallest absolute Gasteiger partial charge is 0.335 e. The molecule has 0 saturated carbocycles. The maximum Gasteiger partial charge on any atom is 0.335 e. The van der Waals surface area contributed by atoms with Crippen molar-refractivity contribution in [2.45, 2.75) is 19.9 Å². The molecular formula is C27H22N4O5. The second-order valence-corrected chi connectivity index (χ2v) is 8.49. The molecule has 1 N–H and O–H groups in total. The van der Waals surface area contributed by atoms with Gasteiger partial charge in [-0.3, -0.25) is 23.1 Å². The first-order chi connectivity index (χ1) is 17.3. The first-order valence-corrected chi connectivity index (χ1v) is 11.4. The number of benzene rings is 2. The molecule has 0 amide bonds. The number of rotatable bonds is 6. The lowest BCUT2D eigenvalue weighted by molar-refractivity contribution is 0.0696. The number of imidazole rings is 1. The highest BCUT2D eigenvalue weighted by Gasteiger charge is 2.21. The Labute approximate surface area is 204 Å². The molecule has 180 valence electrons. The van der Waals surface area contributed by atoms with Crippen molar-refractivity contribution in [3.05, 3.63) is 105 Å². The molecule has 0 atom stereocenters. The minimum absolute atomic E-state index is 0.112. The zero-order valence-electron chi connectivity index (χ0n) is 19.6. The van der Waals surface area contributed by atoms with Gasteiger partial charge < -0.3 is 5.11 Å². The van der Waals surface area contributed by atoms with Gasteiger partial charge in [0.05, 0.1) is 27.7 Å². The van der Waals surface area contributed by atoms with Crippen LogP contribution in [0.4, 0.5) is 0 Å². The van der Waals surface area contributed by atoms with Crippen LogP contribution in [0.3, 0.4) is 0 Å². The number of hydrogen-bond donors (Lipinski definition) is 1. The Morgan fingerprint density at radius 2 is 1.75 bits per heavy atom. The van der Waals surface area contributed by atoms with Crippen molar-refractivity contribution in [1.82, 2.24) is 18.5 Å². The zero-order chi connectivity index (χ0) is 25.6. The Hall–Kier alpha value is -4.79. The Morgan fingerprint density at radius 3 is 2.50 bits per heavy atom. The van der Waals surface area contributed by atoms with Crippen molar-refractivity contribution in [2.24, 2.45) is 7.05 Å². The van der Waals surface area contributed by atoms with Gasteiger partial charge in [-0.25, -0.2) is 14.6 Å². The molecule has 3 heterocycles. The fourth-order valence-corrected chi connectivity index (χ4v) is 4.42. The van der Waals surface area contributed by atoms with Crippen LogP contribution >= 0.6 is 0 Å². The van der Waals surface area contributed by atoms with E-state index in [1.54, 1.807) is 54.0 Å². The van der Waals surface area contributed by atoms with Crippen LogP contribution in [0.2, 0.25) is 0 Å². The van der Waals surface area contributed by atoms with Crippen LogP contribution in [-0.4, -0.2) is 35.4 Å². The third-order valence-corrected chi connectivity index (χ3v) is 6.20. The van der Waals surface area contributed by atoms with Gasteiger partial charge in [-0.15, -0.1) is 0 Å². The molecule has 9 heteroatoms. The van der Waals surface area contributed by atoms with Gasteiger partial charge in [-0.05, 0) is 48.9 Å². The molecule has 0 aliphatic rings. The molecule has 0 bridgehead atoms. The fraction of sp³-hybridized carbons (Fsp3) is 0.148. The average molecular weight is 482 g/mol. The summed E-state index contributed by atoms with van der Waals surface area (Å²) in [5.41, 5.74) is 1.63. The Bertz CT molecular complexity index is 1810. The number of carboxylic acid groups (broad SMARTS) is 1. The van der Waals surface area contributed by atoms with Crippen molar-refractivity contribution in [2.75, 3.05) is 0 Å². The summed E-state index contributed by atoms with van der Waals surface area (Å²) >= 11 is 0. The van der Waals surface area contributed by atoms with Gasteiger partial charge in [0.25, 0.3) is 5.56 Å². The van der Waals surface area contributed by atoms with E-state index in [2.05, 4.69) is 4.98 Å². The highest BCUT2D eigenvalue weighted by molar-refractivity contribution is 6.09. The first-order valence-electron chi connectivity index (χ1n) is 11.4. The summed E-state index contributed by atoms with van der Waals surface area (Å²) in [6.07, 6.45) is 2.32. The number of carbonyl (C=O) groups is 2. The van der Waals surface area contributed by atoms with E-state index < -0.39 is 23.0 Å². The number of nitrogens with zero attached hydrogens (tertiary/aromatic N) is 4. The first kappa shape index (κ1) is 23.0. The molecule has 0 unspecified atom stereocenters. The molecule has 0 aliphatic heterocycles. The number of pyridine rings is 1. The summed E-state index contributed by atoms with van der Waals surface area (Å²) in [4.78, 5) is 55.4. The topological polar surface area (TPSA) is 116 Å². The molecule has 0 aliphatic carbocycles. The van der Waals surface area contributed by atoms with Gasteiger partial charge in [0.2, 0.25) is 5.78 Å². The average Bonchev–Trinajstić information content (AvgIpc) is 3.29. The number of hydrogen-bond acceptors (Lipinski definition) is 5. The lowest BCUT2D eigenvalue weighted by Crippen LogP contribution is -2.39. The third-order valence-electron chi connectivity index (χ3n) is 6.20. The van der Waals surface area contributed by atoms with Crippen LogP contribution in [-0.2, 0) is 13.6 Å². The van der Waals surface area contributed by atoms with E-state index in [0.717, 1.165) is 0 Å². The minimum Gasteiger partial charge on any atom is -0.478 e. The highest BCUT2D eigenvalue weighted by atomic mass is 16.4. The van der Waals surface area contributed by atoms with Crippen molar-refractivity contribution in [1.29, 1.82) is 0 Å². The molecule has 0 fully saturated rings. The third kappa shape index (κ3) is 3.61. The van der Waals surface area contributed by atoms with Crippen molar-refractivity contribution in [3.63, 3.8) is 0 Å². The van der Waals surface area contributed by atoms with Crippen LogP contribution < -0.4 is 11.2 Å². The molecule has 5 aromatic rings. The summed E-state index contributed by atoms with van der Waals surface area (Å²) in [6.45, 7) is 2.16. The maximum absolute atomic E-state index is 13.6. The molecule has 9 nitrogen and oxygen atoms in total. The molecule has 3 aromatic heterocycles. The van der Waals surface area contributed by atoms with Crippen LogP contribution in [0.5, 0.6) is 0 Å². The second kappa shape index (κ2) is 8.77. The van der Waals surface area contributed by atoms with E-state index >= 15 is 0 Å². The Morgan fingerprint density at radius 1 is 0.944 bits per heavy atom. The van der Waals surface area contributed by atoms with E-state index in [1.807, 2.05) is 13.0 Å². The van der Waals surface area contributed by atoms with Crippen LogP contribution in [0.15, 0.2) is 76.4 Å². The largest absolute Gasteiger partial charge is 0.478 e. The Balaban J connectivity index is 1.69. The van der Waals surface area contributed by atoms with Gasteiger partial charge in [0, 0.05) is 30.9 Å². The summed E-state index contributed by atoms with van der Waals surface area (Å²) < 4.78 is 4.22. The molecule has 2 aromatic carbocycles. The number of aromatic nitrogens is 4. The molecular weight excluding hydrogens is 460 g/mol. The maximum atomic E-state index is 13.6. The van der Waals surface area contributed by atoms with E-state index in [1.165, 1.54) is 27.3 Å². The molecule has 0 spiro atoms. The summed E-state index contributed by atoms with van der Waals surface area (Å²) in [5.74, 6) is -1.34. The lowest BCUT2D eigenvalue weighted by Gasteiger charge is -2.10. The normalized spacial score (nSPS) is 11.3. The van der Waals surface area contributed by atoms with Crippen molar-refractivity contribution in [3.8, 4) is 11.3 Å². The van der Waals surface area contributed by atoms with Crippen LogP contribution in [0.1, 0.15) is 39.9 Å². The number of aromatic carboxylic acids is 1. The Kier molecular flexibility index (Phi) is 5.60. The minimum atomic E-state index is -1.06. The predicted octanol–water partition coefficient (Wildman–Crippen LogP) is 3.35. The fourth-order valence-electron chi connectivity index (χ4n) is 4.42.